The van der Waals surface area contributed by atoms with E-state index in [1.807, 2.05) is 54.6 Å². The number of aryl methyl sites for hydroxylation is 1. The van der Waals surface area contributed by atoms with Gasteiger partial charge in [-0.25, -0.2) is 4.68 Å². The van der Waals surface area contributed by atoms with Gasteiger partial charge in [-0.1, -0.05) is 30.3 Å². The van der Waals surface area contributed by atoms with Gasteiger partial charge in [0.1, 0.15) is 12.4 Å². The van der Waals surface area contributed by atoms with Gasteiger partial charge in [0.2, 0.25) is 0 Å². The maximum Gasteiger partial charge on any atom is 0.292 e. The monoisotopic (exact) mass is 490 g/mol. The summed E-state index contributed by atoms with van der Waals surface area (Å²) in [5.74, 6) is -0.502. The molecule has 4 rings (SSSR count). The maximum atomic E-state index is 13.0. The first-order valence-electron chi connectivity index (χ1n) is 12.4. The van der Waals surface area contributed by atoms with Crippen molar-refractivity contribution >= 4 is 11.7 Å². The van der Waals surface area contributed by atoms with Crippen LogP contribution >= 0.6 is 0 Å². The summed E-state index contributed by atoms with van der Waals surface area (Å²) >= 11 is 0. The van der Waals surface area contributed by atoms with Gasteiger partial charge in [0.05, 0.1) is 22.6 Å². The second kappa shape index (κ2) is 12.0. The fraction of sp³-hybridized carbons (Fsp3) is 0.393. The molecular weight excluding hydrogens is 456 g/mol. The molecule has 8 nitrogen and oxygen atoms in total. The molecule has 1 aromatic heterocycles. The van der Waals surface area contributed by atoms with E-state index in [4.69, 9.17) is 9.47 Å². The highest BCUT2D eigenvalue weighted by Gasteiger charge is 2.25. The first-order chi connectivity index (χ1) is 17.4. The molecule has 0 aliphatic carbocycles. The Kier molecular flexibility index (Phi) is 8.51. The number of ether oxygens (including phenoxy) is 2. The largest absolute Gasteiger partial charge is 0.492 e. The third-order valence-corrected chi connectivity index (χ3v) is 6.60. The number of carbonyl (C=O) groups is 2. The molecule has 0 spiro atoms. The number of nitrogens with one attached hydrogen (secondary N) is 1. The van der Waals surface area contributed by atoms with Crippen LogP contribution in [-0.4, -0.2) is 65.8 Å². The van der Waals surface area contributed by atoms with E-state index in [0.29, 0.717) is 29.6 Å². The standard InChI is InChI=1S/C28H34N4O4/c1-20-26(21(2)32(30-20)24-9-5-4-6-10-24)27(33)28(34)29-19-22-8-7-11-25(18-22)36-17-14-31(3)23-12-15-35-16-13-23/h4-11,18,23H,12-17,19H2,1-3H3,(H,29,34). The molecule has 1 saturated heterocycles. The molecule has 1 aliphatic heterocycles. The van der Waals surface area contributed by atoms with E-state index in [0.717, 1.165) is 49.6 Å². The molecule has 0 atom stereocenters. The van der Waals surface area contributed by atoms with E-state index in [9.17, 15) is 9.59 Å². The van der Waals surface area contributed by atoms with Gasteiger partial charge < -0.3 is 14.8 Å². The van der Waals surface area contributed by atoms with Crippen LogP contribution in [0.2, 0.25) is 0 Å². The summed E-state index contributed by atoms with van der Waals surface area (Å²) in [6, 6.07) is 17.7. The van der Waals surface area contributed by atoms with Crippen LogP contribution in [0.4, 0.5) is 0 Å². The number of ketones is 1. The molecule has 1 fully saturated rings. The van der Waals surface area contributed by atoms with Crippen molar-refractivity contribution in [2.24, 2.45) is 0 Å². The Balaban J connectivity index is 1.31. The average molecular weight is 491 g/mol. The van der Waals surface area contributed by atoms with E-state index in [2.05, 4.69) is 22.4 Å². The number of aromatic nitrogens is 2. The molecular formula is C28H34N4O4. The molecule has 1 amide bonds. The van der Waals surface area contributed by atoms with Crippen LogP contribution in [0.5, 0.6) is 5.75 Å². The molecule has 2 heterocycles. The van der Waals surface area contributed by atoms with Crippen LogP contribution in [0.25, 0.3) is 5.69 Å². The van der Waals surface area contributed by atoms with E-state index < -0.39 is 11.7 Å². The van der Waals surface area contributed by atoms with Gasteiger partial charge in [-0.05, 0) is 63.6 Å². The van der Waals surface area contributed by atoms with E-state index in [1.165, 1.54) is 0 Å². The van der Waals surface area contributed by atoms with Crippen molar-refractivity contribution in [2.75, 3.05) is 33.4 Å². The van der Waals surface area contributed by atoms with Crippen molar-refractivity contribution in [3.8, 4) is 11.4 Å². The van der Waals surface area contributed by atoms with Crippen LogP contribution in [0.3, 0.4) is 0 Å². The second-order valence-electron chi connectivity index (χ2n) is 9.12. The molecule has 2 aromatic carbocycles. The predicted molar refractivity (Wildman–Crippen MR) is 138 cm³/mol. The number of nitrogens with zero attached hydrogens (tertiary/aromatic N) is 3. The summed E-state index contributed by atoms with van der Waals surface area (Å²) in [4.78, 5) is 28.0. The van der Waals surface area contributed by atoms with Crippen molar-refractivity contribution in [2.45, 2.75) is 39.3 Å². The Morgan fingerprint density at radius 3 is 2.61 bits per heavy atom. The zero-order valence-corrected chi connectivity index (χ0v) is 21.2. The molecule has 8 heteroatoms. The Hall–Kier alpha value is -3.49. The number of benzene rings is 2. The second-order valence-corrected chi connectivity index (χ2v) is 9.12. The Labute approximate surface area is 212 Å². The molecule has 190 valence electrons. The van der Waals surface area contributed by atoms with E-state index >= 15 is 0 Å². The molecule has 0 radical (unpaired) electrons. The van der Waals surface area contributed by atoms with Crippen LogP contribution in [0.1, 0.15) is 40.2 Å². The third-order valence-electron chi connectivity index (χ3n) is 6.60. The predicted octanol–water partition coefficient (Wildman–Crippen LogP) is 3.48. The maximum absolute atomic E-state index is 13.0. The number of rotatable bonds is 10. The van der Waals surface area contributed by atoms with Crippen molar-refractivity contribution in [3.05, 3.63) is 77.1 Å². The number of hydrogen-bond donors (Lipinski definition) is 1. The zero-order valence-electron chi connectivity index (χ0n) is 21.2. The Morgan fingerprint density at radius 2 is 1.86 bits per heavy atom. The van der Waals surface area contributed by atoms with E-state index in [1.54, 1.807) is 18.5 Å². The molecule has 0 bridgehead atoms. The summed E-state index contributed by atoms with van der Waals surface area (Å²) in [6.45, 7) is 6.82. The molecule has 3 aromatic rings. The first kappa shape index (κ1) is 25.6. The van der Waals surface area contributed by atoms with Gasteiger partial charge in [0.25, 0.3) is 11.7 Å². The lowest BCUT2D eigenvalue weighted by atomic mass is 10.1. The number of likely N-dealkylation sites (N-methyl/N-ethyl adjacent to an activating group) is 1. The third kappa shape index (κ3) is 6.19. The minimum Gasteiger partial charge on any atom is -0.492 e. The highest BCUT2D eigenvalue weighted by atomic mass is 16.5. The van der Waals surface area contributed by atoms with Crippen LogP contribution in [-0.2, 0) is 16.1 Å². The van der Waals surface area contributed by atoms with Gasteiger partial charge >= 0.3 is 0 Å². The van der Waals surface area contributed by atoms with Crippen molar-refractivity contribution in [3.63, 3.8) is 0 Å². The van der Waals surface area contributed by atoms with Crippen LogP contribution in [0.15, 0.2) is 54.6 Å². The van der Waals surface area contributed by atoms with Crippen molar-refractivity contribution in [1.29, 1.82) is 0 Å². The number of amides is 1. The van der Waals surface area contributed by atoms with Crippen LogP contribution in [0, 0.1) is 13.8 Å². The van der Waals surface area contributed by atoms with Crippen molar-refractivity contribution in [1.82, 2.24) is 20.0 Å². The number of Topliss-reactive ketones (excluding diaryl/α,β-unsaturated/α-hetero) is 1. The minimum absolute atomic E-state index is 0.231. The molecule has 1 N–H and O–H groups in total. The number of carbonyl (C=O) groups excluding carboxylic acids is 2. The molecule has 36 heavy (non-hydrogen) atoms. The fourth-order valence-corrected chi connectivity index (χ4v) is 4.53. The summed E-state index contributed by atoms with van der Waals surface area (Å²) in [5, 5.41) is 7.22. The lowest BCUT2D eigenvalue weighted by Crippen LogP contribution is -2.38. The van der Waals surface area contributed by atoms with E-state index in [-0.39, 0.29) is 6.54 Å². The summed E-state index contributed by atoms with van der Waals surface area (Å²) in [6.07, 6.45) is 2.10. The number of para-hydroxylation sites is 1. The molecule has 0 unspecified atom stereocenters. The van der Waals surface area contributed by atoms with Gasteiger partial charge in [-0.15, -0.1) is 0 Å². The van der Waals surface area contributed by atoms with Crippen LogP contribution < -0.4 is 10.1 Å². The van der Waals surface area contributed by atoms with Crippen molar-refractivity contribution < 1.29 is 19.1 Å². The Morgan fingerprint density at radius 1 is 1.11 bits per heavy atom. The highest BCUT2D eigenvalue weighted by Crippen LogP contribution is 2.19. The normalized spacial score (nSPS) is 14.1. The lowest BCUT2D eigenvalue weighted by molar-refractivity contribution is -0.117. The van der Waals surface area contributed by atoms with Gasteiger partial charge in [-0.3, -0.25) is 14.5 Å². The topological polar surface area (TPSA) is 85.7 Å². The molecule has 1 aliphatic rings. The smallest absolute Gasteiger partial charge is 0.292 e. The summed E-state index contributed by atoms with van der Waals surface area (Å²) in [7, 11) is 2.12. The fourth-order valence-electron chi connectivity index (χ4n) is 4.53. The molecule has 0 saturated carbocycles. The number of hydrogen-bond acceptors (Lipinski definition) is 6. The van der Waals surface area contributed by atoms with Gasteiger partial charge in [0, 0.05) is 32.3 Å². The summed E-state index contributed by atoms with van der Waals surface area (Å²) < 4.78 is 13.1. The average Bonchev–Trinajstić information content (AvgIpc) is 3.21. The zero-order chi connectivity index (χ0) is 25.5. The van der Waals surface area contributed by atoms with Gasteiger partial charge in [-0.2, -0.15) is 5.10 Å². The quantitative estimate of drug-likeness (QED) is 0.346. The highest BCUT2D eigenvalue weighted by molar-refractivity contribution is 6.43. The minimum atomic E-state index is -0.654. The Bertz CT molecular complexity index is 1190. The first-order valence-corrected chi connectivity index (χ1v) is 12.4. The summed E-state index contributed by atoms with van der Waals surface area (Å²) in [5.41, 5.74) is 3.20. The SMILES string of the molecule is Cc1nn(-c2ccccc2)c(C)c1C(=O)C(=O)NCc1cccc(OCCN(C)C2CCOCC2)c1. The van der Waals surface area contributed by atoms with Gasteiger partial charge in [0.15, 0.2) is 0 Å². The lowest BCUT2D eigenvalue weighted by Gasteiger charge is -2.31.